The van der Waals surface area contributed by atoms with Gasteiger partial charge in [0.2, 0.25) is 5.91 Å². The molecule has 40 heavy (non-hydrogen) atoms. The average molecular weight is 566 g/mol. The predicted molar refractivity (Wildman–Crippen MR) is 149 cm³/mol. The van der Waals surface area contributed by atoms with Crippen LogP contribution in [0.25, 0.3) is 0 Å². The lowest BCUT2D eigenvalue weighted by Gasteiger charge is -2.43. The van der Waals surface area contributed by atoms with E-state index in [1.54, 1.807) is 47.4 Å². The number of piperidine rings is 1. The van der Waals surface area contributed by atoms with Gasteiger partial charge in [-0.1, -0.05) is 12.1 Å². The van der Waals surface area contributed by atoms with Crippen molar-refractivity contribution in [3.8, 4) is 5.75 Å². The van der Waals surface area contributed by atoms with Crippen LogP contribution in [0.15, 0.2) is 71.6 Å². The Kier molecular flexibility index (Phi) is 7.31. The van der Waals surface area contributed by atoms with Gasteiger partial charge in [0.25, 0.3) is 15.9 Å². The van der Waals surface area contributed by atoms with Gasteiger partial charge in [0.1, 0.15) is 11.6 Å². The van der Waals surface area contributed by atoms with Crippen molar-refractivity contribution in [2.45, 2.75) is 49.6 Å². The number of methoxy groups -OCH3 is 1. The normalized spacial score (nSPS) is 17.9. The van der Waals surface area contributed by atoms with Crippen molar-refractivity contribution in [2.24, 2.45) is 0 Å². The minimum atomic E-state index is -3.95. The quantitative estimate of drug-likeness (QED) is 0.483. The van der Waals surface area contributed by atoms with Gasteiger partial charge in [-0.15, -0.1) is 0 Å². The van der Waals surface area contributed by atoms with E-state index in [-0.39, 0.29) is 29.1 Å². The summed E-state index contributed by atoms with van der Waals surface area (Å²) in [6.45, 7) is 4.66. The fourth-order valence-electron chi connectivity index (χ4n) is 5.92. The van der Waals surface area contributed by atoms with E-state index in [1.165, 1.54) is 42.6 Å². The molecule has 10 heteroatoms. The highest BCUT2D eigenvalue weighted by Crippen LogP contribution is 2.53. The summed E-state index contributed by atoms with van der Waals surface area (Å²) in [5.41, 5.74) is 1.91. The van der Waals surface area contributed by atoms with Crippen LogP contribution < -0.4 is 14.4 Å². The van der Waals surface area contributed by atoms with Crippen LogP contribution in [0.2, 0.25) is 0 Å². The number of nitrogens with zero attached hydrogens (tertiary/aromatic N) is 2. The minimum absolute atomic E-state index is 0.0163. The number of likely N-dealkylation sites (tertiary alicyclic amines) is 1. The van der Waals surface area contributed by atoms with Crippen molar-refractivity contribution in [1.29, 1.82) is 0 Å². The average Bonchev–Trinajstić information content (AvgIpc) is 3.19. The van der Waals surface area contributed by atoms with E-state index in [9.17, 15) is 22.4 Å². The van der Waals surface area contributed by atoms with E-state index in [2.05, 4.69) is 5.32 Å². The molecule has 0 bridgehead atoms. The lowest BCUT2D eigenvalue weighted by molar-refractivity contribution is -0.130. The van der Waals surface area contributed by atoms with E-state index in [0.717, 1.165) is 11.1 Å². The van der Waals surface area contributed by atoms with Gasteiger partial charge in [-0.25, -0.2) is 12.8 Å². The van der Waals surface area contributed by atoms with Crippen molar-refractivity contribution < 1.29 is 27.1 Å². The molecular formula is C30H32FN3O5S. The molecular weight excluding hydrogens is 533 g/mol. The zero-order chi connectivity index (χ0) is 28.7. The van der Waals surface area contributed by atoms with Gasteiger partial charge in [-0.2, -0.15) is 0 Å². The van der Waals surface area contributed by atoms with Gasteiger partial charge in [0.15, 0.2) is 0 Å². The molecule has 1 unspecified atom stereocenters. The third-order valence-corrected chi connectivity index (χ3v) is 10.2. The molecule has 1 fully saturated rings. The first-order valence-electron chi connectivity index (χ1n) is 13.2. The van der Waals surface area contributed by atoms with E-state index in [0.29, 0.717) is 42.9 Å². The van der Waals surface area contributed by atoms with Gasteiger partial charge >= 0.3 is 0 Å². The van der Waals surface area contributed by atoms with Gasteiger partial charge in [0, 0.05) is 37.5 Å². The molecule has 0 saturated carbocycles. The van der Waals surface area contributed by atoms with Crippen LogP contribution in [0, 0.1) is 5.82 Å². The second-order valence-electron chi connectivity index (χ2n) is 10.4. The molecule has 2 amide bonds. The number of nitrogens with one attached hydrogen (secondary N) is 1. The number of fused-ring (bicyclic) bond motifs is 2. The Morgan fingerprint density at radius 2 is 1.68 bits per heavy atom. The number of benzene rings is 3. The number of halogens is 1. The highest BCUT2D eigenvalue weighted by Gasteiger charge is 2.54. The SMILES string of the molecule is COc1ccc(S(=O)(=O)N2c3ccc(C(=O)NCc4ccc(F)cc4)cc3C3(CCN(C(C)=O)CC3)C2C)cc1. The van der Waals surface area contributed by atoms with E-state index >= 15 is 0 Å². The topological polar surface area (TPSA) is 96.0 Å². The molecule has 2 aliphatic heterocycles. The molecule has 0 radical (unpaired) electrons. The van der Waals surface area contributed by atoms with E-state index < -0.39 is 21.5 Å². The van der Waals surface area contributed by atoms with Crippen LogP contribution in [0.3, 0.4) is 0 Å². The Bertz CT molecular complexity index is 1530. The summed E-state index contributed by atoms with van der Waals surface area (Å²) in [7, 11) is -2.43. The second kappa shape index (κ2) is 10.6. The van der Waals surface area contributed by atoms with Gasteiger partial charge in [-0.05, 0) is 85.5 Å². The number of rotatable bonds is 6. The molecule has 0 aromatic heterocycles. The van der Waals surface area contributed by atoms with Crippen LogP contribution in [0.4, 0.5) is 10.1 Å². The molecule has 5 rings (SSSR count). The van der Waals surface area contributed by atoms with Crippen LogP contribution in [0.5, 0.6) is 5.75 Å². The summed E-state index contributed by atoms with van der Waals surface area (Å²) in [4.78, 5) is 27.2. The van der Waals surface area contributed by atoms with Gasteiger partial charge < -0.3 is 15.0 Å². The molecule has 1 N–H and O–H groups in total. The fourth-order valence-corrected chi connectivity index (χ4v) is 7.66. The second-order valence-corrected chi connectivity index (χ2v) is 12.2. The third kappa shape index (κ3) is 4.81. The summed E-state index contributed by atoms with van der Waals surface area (Å²) in [5, 5.41) is 2.87. The summed E-state index contributed by atoms with van der Waals surface area (Å²) in [6, 6.07) is 16.9. The number of sulfonamides is 1. The highest BCUT2D eigenvalue weighted by atomic mass is 32.2. The Morgan fingerprint density at radius 3 is 2.27 bits per heavy atom. The number of amides is 2. The summed E-state index contributed by atoms with van der Waals surface area (Å²) >= 11 is 0. The van der Waals surface area contributed by atoms with E-state index in [1.807, 2.05) is 6.92 Å². The maximum absolute atomic E-state index is 14.0. The predicted octanol–water partition coefficient (Wildman–Crippen LogP) is 4.24. The number of hydrogen-bond donors (Lipinski definition) is 1. The first kappa shape index (κ1) is 27.6. The van der Waals surface area contributed by atoms with Crippen LogP contribution in [-0.4, -0.2) is 51.4 Å². The molecule has 210 valence electrons. The minimum Gasteiger partial charge on any atom is -0.497 e. The molecule has 3 aromatic carbocycles. The van der Waals surface area contributed by atoms with E-state index in [4.69, 9.17) is 4.74 Å². The molecule has 2 heterocycles. The maximum atomic E-state index is 14.0. The standard InChI is InChI=1S/C30H32FN3O5S/c1-20-30(14-16-33(17-15-30)21(2)35)27-18-23(29(36)32-19-22-4-7-24(31)8-5-22)6-13-28(27)34(20)40(37,38)26-11-9-25(39-3)10-12-26/h4-13,18,20H,14-17,19H2,1-3H3,(H,32,36). The lowest BCUT2D eigenvalue weighted by Crippen LogP contribution is -2.52. The van der Waals surface area contributed by atoms with Crippen LogP contribution >= 0.6 is 0 Å². The Balaban J connectivity index is 1.51. The first-order valence-corrected chi connectivity index (χ1v) is 14.6. The fraction of sp³-hybridized carbons (Fsp3) is 0.333. The van der Waals surface area contributed by atoms with Gasteiger partial charge in [-0.3, -0.25) is 13.9 Å². The summed E-state index contributed by atoms with van der Waals surface area (Å²) < 4.78 is 48.0. The van der Waals surface area contributed by atoms with Crippen molar-refractivity contribution in [1.82, 2.24) is 10.2 Å². The maximum Gasteiger partial charge on any atom is 0.264 e. The summed E-state index contributed by atoms with van der Waals surface area (Å²) in [5.74, 6) is -0.124. The summed E-state index contributed by atoms with van der Waals surface area (Å²) in [6.07, 6.45) is 1.13. The molecule has 0 aliphatic carbocycles. The van der Waals surface area contributed by atoms with Crippen LogP contribution in [-0.2, 0) is 26.8 Å². The number of hydrogen-bond acceptors (Lipinski definition) is 5. The lowest BCUT2D eigenvalue weighted by atomic mass is 9.70. The monoisotopic (exact) mass is 565 g/mol. The van der Waals surface area contributed by atoms with Crippen LogP contribution in [0.1, 0.15) is 48.2 Å². The molecule has 1 atom stereocenters. The third-order valence-electron chi connectivity index (χ3n) is 8.27. The smallest absolute Gasteiger partial charge is 0.264 e. The first-order chi connectivity index (χ1) is 19.1. The molecule has 8 nitrogen and oxygen atoms in total. The van der Waals surface area contributed by atoms with Crippen molar-refractivity contribution in [3.63, 3.8) is 0 Å². The molecule has 2 aliphatic rings. The number of ether oxygens (including phenoxy) is 1. The van der Waals surface area contributed by atoms with Crippen molar-refractivity contribution in [2.75, 3.05) is 24.5 Å². The van der Waals surface area contributed by atoms with Crippen molar-refractivity contribution >= 4 is 27.5 Å². The molecule has 1 spiro atoms. The van der Waals surface area contributed by atoms with Crippen molar-refractivity contribution in [3.05, 3.63) is 89.2 Å². The number of anilines is 1. The Morgan fingerprint density at radius 1 is 1.02 bits per heavy atom. The Labute approximate surface area is 233 Å². The zero-order valence-corrected chi connectivity index (χ0v) is 23.5. The van der Waals surface area contributed by atoms with Gasteiger partial charge in [0.05, 0.1) is 23.7 Å². The molecule has 1 saturated heterocycles. The Hall–Kier alpha value is -3.92. The highest BCUT2D eigenvalue weighted by molar-refractivity contribution is 7.92. The molecule has 3 aromatic rings. The largest absolute Gasteiger partial charge is 0.497 e. The zero-order valence-electron chi connectivity index (χ0n) is 22.7. The number of carbonyl (C=O) groups is 2. The number of carbonyl (C=O) groups excluding carboxylic acids is 2.